The molecule has 0 radical (unpaired) electrons. The van der Waals surface area contributed by atoms with E-state index in [2.05, 4.69) is 0 Å². The molecule has 29 heavy (non-hydrogen) atoms. The van der Waals surface area contributed by atoms with Crippen LogP contribution in [0.15, 0.2) is 0 Å². The van der Waals surface area contributed by atoms with Gasteiger partial charge in [0.15, 0.2) is 0 Å². The molecule has 0 aromatic carbocycles. The second kappa shape index (κ2) is 20.4. The molecule has 0 spiro atoms. The van der Waals surface area contributed by atoms with Crippen LogP contribution in [0.25, 0.3) is 0 Å². The van der Waals surface area contributed by atoms with E-state index < -0.39 is 0 Å². The molecule has 5 heteroatoms. The molecule has 4 aliphatic carbocycles. The van der Waals surface area contributed by atoms with Crippen LogP contribution in [0.4, 0.5) is 0 Å². The van der Waals surface area contributed by atoms with Gasteiger partial charge in [0.1, 0.15) is 0 Å². The van der Waals surface area contributed by atoms with Crippen LogP contribution >= 0.6 is 0 Å². The van der Waals surface area contributed by atoms with E-state index in [0.29, 0.717) is 0 Å². The number of rotatable bonds is 0. The summed E-state index contributed by atoms with van der Waals surface area (Å²) < 4.78 is 0. The molecule has 0 atom stereocenters. The molecule has 0 unspecified atom stereocenters. The van der Waals surface area contributed by atoms with Crippen LogP contribution in [0.5, 0.6) is 0 Å². The van der Waals surface area contributed by atoms with E-state index in [1.54, 1.807) is 0 Å². The van der Waals surface area contributed by atoms with Gasteiger partial charge in [0.05, 0.1) is 24.4 Å². The molecule has 4 saturated carbocycles. The molecule has 4 aliphatic rings. The van der Waals surface area contributed by atoms with Gasteiger partial charge >= 0.3 is 0 Å². The largest absolute Gasteiger partial charge is 0.393 e. The Kier molecular flexibility index (Phi) is 20.7. The van der Waals surface area contributed by atoms with E-state index in [9.17, 15) is 0 Å². The Bertz CT molecular complexity index is 255. The van der Waals surface area contributed by atoms with Crippen LogP contribution in [0.2, 0.25) is 0 Å². The average Bonchev–Trinajstić information content (AvgIpc) is 2.72. The Labute approximate surface area is 192 Å². The van der Waals surface area contributed by atoms with Crippen LogP contribution in [0.3, 0.4) is 0 Å². The maximum Gasteiger partial charge on any atom is 0.0540 e. The van der Waals surface area contributed by atoms with Gasteiger partial charge in [0.2, 0.25) is 0 Å². The molecule has 0 bridgehead atoms. The second-order valence-electron chi connectivity index (χ2n) is 9.17. The van der Waals surface area contributed by atoms with Crippen LogP contribution in [-0.4, -0.2) is 44.8 Å². The van der Waals surface area contributed by atoms with Crippen LogP contribution < -0.4 is 0 Å². The fraction of sp³-hybridized carbons (Fsp3) is 1.00. The summed E-state index contributed by atoms with van der Waals surface area (Å²) in [5.41, 5.74) is 0. The van der Waals surface area contributed by atoms with Gasteiger partial charge < -0.3 is 20.4 Å². The van der Waals surface area contributed by atoms with E-state index in [-0.39, 0.29) is 44.2 Å². The van der Waals surface area contributed by atoms with Crippen LogP contribution in [0, 0.1) is 0 Å². The van der Waals surface area contributed by atoms with Crippen molar-refractivity contribution in [2.45, 2.75) is 153 Å². The van der Waals surface area contributed by atoms with Gasteiger partial charge in [-0.1, -0.05) is 77.0 Å². The molecular formula is C24H48O4Os. The predicted molar refractivity (Wildman–Crippen MR) is 116 cm³/mol. The summed E-state index contributed by atoms with van der Waals surface area (Å²) in [7, 11) is 0. The van der Waals surface area contributed by atoms with Crippen LogP contribution in [-0.2, 0) is 19.8 Å². The van der Waals surface area contributed by atoms with Crippen molar-refractivity contribution >= 4 is 0 Å². The quantitative estimate of drug-likeness (QED) is 0.311. The van der Waals surface area contributed by atoms with Gasteiger partial charge in [0, 0.05) is 19.8 Å². The van der Waals surface area contributed by atoms with Gasteiger partial charge in [-0.25, -0.2) is 0 Å². The van der Waals surface area contributed by atoms with E-state index in [1.165, 1.54) is 77.0 Å². The molecule has 0 heterocycles. The summed E-state index contributed by atoms with van der Waals surface area (Å²) in [6, 6.07) is 0. The molecule has 4 N–H and O–H groups in total. The fourth-order valence-corrected chi connectivity index (χ4v) is 4.32. The molecule has 0 aliphatic heterocycles. The zero-order valence-corrected chi connectivity index (χ0v) is 21.1. The minimum absolute atomic E-state index is 0. The third-order valence-electron chi connectivity index (χ3n) is 6.30. The van der Waals surface area contributed by atoms with Gasteiger partial charge in [-0.15, -0.1) is 0 Å². The first kappa shape index (κ1) is 29.5. The normalized spacial score (nSPS) is 24.4. The number of aliphatic hydroxyl groups excluding tert-OH is 4. The van der Waals surface area contributed by atoms with E-state index >= 15 is 0 Å². The Hall–Kier alpha value is 0.476. The summed E-state index contributed by atoms with van der Waals surface area (Å²) in [5.74, 6) is 0. The number of hydrogen-bond donors (Lipinski definition) is 4. The first-order chi connectivity index (χ1) is 13.6. The van der Waals surface area contributed by atoms with Crippen molar-refractivity contribution in [1.82, 2.24) is 0 Å². The van der Waals surface area contributed by atoms with Crippen molar-refractivity contribution in [2.24, 2.45) is 0 Å². The zero-order valence-electron chi connectivity index (χ0n) is 18.6. The Morgan fingerprint density at radius 1 is 0.276 bits per heavy atom. The summed E-state index contributed by atoms with van der Waals surface area (Å²) in [4.78, 5) is 0. The summed E-state index contributed by atoms with van der Waals surface area (Å²) in [6.07, 6.45) is 23.7. The second-order valence-corrected chi connectivity index (χ2v) is 9.17. The Balaban J connectivity index is 0.000000356. The van der Waals surface area contributed by atoms with Crippen molar-refractivity contribution in [2.75, 3.05) is 0 Å². The molecule has 0 saturated heterocycles. The van der Waals surface area contributed by atoms with Gasteiger partial charge in [-0.05, 0) is 51.4 Å². The van der Waals surface area contributed by atoms with E-state index in [4.69, 9.17) is 20.4 Å². The first-order valence-corrected chi connectivity index (χ1v) is 12.3. The van der Waals surface area contributed by atoms with Crippen molar-refractivity contribution in [3.05, 3.63) is 0 Å². The molecule has 0 aromatic heterocycles. The summed E-state index contributed by atoms with van der Waals surface area (Å²) in [6.45, 7) is 0. The molecular weight excluding hydrogens is 542 g/mol. The Morgan fingerprint density at radius 3 is 0.483 bits per heavy atom. The molecule has 4 rings (SSSR count). The molecule has 0 aromatic rings. The third-order valence-corrected chi connectivity index (χ3v) is 6.30. The SMILES string of the molecule is OC1CCCCC1.OC1CCCCC1.OC1CCCCC1.OC1CCCCC1.[Os]. The fourth-order valence-electron chi connectivity index (χ4n) is 4.32. The van der Waals surface area contributed by atoms with Crippen molar-refractivity contribution < 1.29 is 40.2 Å². The molecule has 4 nitrogen and oxygen atoms in total. The first-order valence-electron chi connectivity index (χ1n) is 12.3. The van der Waals surface area contributed by atoms with Gasteiger partial charge in [-0.2, -0.15) is 0 Å². The van der Waals surface area contributed by atoms with Crippen molar-refractivity contribution in [1.29, 1.82) is 0 Å². The predicted octanol–water partition coefficient (Wildman–Crippen LogP) is 5.24. The van der Waals surface area contributed by atoms with Gasteiger partial charge in [-0.3, -0.25) is 0 Å². The zero-order chi connectivity index (χ0) is 20.5. The van der Waals surface area contributed by atoms with Crippen molar-refractivity contribution in [3.63, 3.8) is 0 Å². The molecule has 176 valence electrons. The topological polar surface area (TPSA) is 80.9 Å². The number of aliphatic hydroxyl groups is 4. The van der Waals surface area contributed by atoms with Crippen molar-refractivity contribution in [3.8, 4) is 0 Å². The average molecular weight is 591 g/mol. The summed E-state index contributed by atoms with van der Waals surface area (Å²) in [5, 5.41) is 35.6. The molecule has 0 amide bonds. The maximum atomic E-state index is 8.91. The minimum Gasteiger partial charge on any atom is -0.393 e. The maximum absolute atomic E-state index is 8.91. The smallest absolute Gasteiger partial charge is 0.0540 e. The van der Waals surface area contributed by atoms with Gasteiger partial charge in [0.25, 0.3) is 0 Å². The standard InChI is InChI=1S/4C6H12O.Os/c4*7-6-4-2-1-3-5-6;/h4*6-7H,1-5H2;. The van der Waals surface area contributed by atoms with E-state index in [0.717, 1.165) is 51.4 Å². The third kappa shape index (κ3) is 18.9. The van der Waals surface area contributed by atoms with E-state index in [1.807, 2.05) is 0 Å². The minimum atomic E-state index is 0. The summed E-state index contributed by atoms with van der Waals surface area (Å²) >= 11 is 0. The monoisotopic (exact) mass is 592 g/mol. The Morgan fingerprint density at radius 2 is 0.414 bits per heavy atom. The molecule has 4 fully saturated rings. The number of hydrogen-bond acceptors (Lipinski definition) is 4. The van der Waals surface area contributed by atoms with Crippen LogP contribution in [0.1, 0.15) is 128 Å².